The first-order valence-corrected chi connectivity index (χ1v) is 31.8. The molecule has 2 N–H and O–H groups in total. The highest BCUT2D eigenvalue weighted by atomic mass is 19.1. The Hall–Kier alpha value is -8.79. The standard InChI is InChI=1S/C25H29FN6.C24H27FN6.C21H21FN6/c1-6-31-16(4)8-18(9-17(31)5)22-12-20-21(26)10-19(11-24(20)29-28-22)23-7-14(2)25-27-15(3)13-32(25)30-23;1-13-6-22(29-31-12-14(2)26-24(13)31)18-9-20(25)19-11-21(27-28-23(19)10-18)17-7-15(3)30(5)16(4)8-17;1-11-7-17(26-21-20(11)24-12(2)25-21)14-8-16(22)15-10-18(27-28-19(15)9-14)13-3-5-23-6-4-13/h7,10-13,16-18H,6,8-9H2,1-5H3;6,9-12,15-17H,7-8H2,1-5H3;7-10,13,23H,3-6H2,1-2H3,(H,24,25,26)/t16-,17-;15-,16-;/m11./s1. The summed E-state index contributed by atoms with van der Waals surface area (Å²) in [6.07, 6.45) is 9.82. The molecule has 3 aliphatic heterocycles. The molecular formula is C70H77F3N18. The summed E-state index contributed by atoms with van der Waals surface area (Å²) >= 11 is 0. The fraction of sp³-hybridized carbons (Fsp3) is 0.400. The van der Waals surface area contributed by atoms with E-state index in [1.54, 1.807) is 21.2 Å². The number of aromatic nitrogens is 15. The Morgan fingerprint density at radius 1 is 0.473 bits per heavy atom. The smallest absolute Gasteiger partial charge is 0.178 e. The van der Waals surface area contributed by atoms with Crippen molar-refractivity contribution in [2.45, 2.75) is 157 Å². The third-order valence-electron chi connectivity index (χ3n) is 19.1. The van der Waals surface area contributed by atoms with Gasteiger partial charge in [0.2, 0.25) is 0 Å². The van der Waals surface area contributed by atoms with Gasteiger partial charge in [0, 0.05) is 74.8 Å². The van der Waals surface area contributed by atoms with Crippen LogP contribution in [0.4, 0.5) is 13.2 Å². The third kappa shape index (κ3) is 12.2. The minimum Gasteiger partial charge on any atom is -0.341 e. The number of benzene rings is 3. The maximum absolute atomic E-state index is 15.2. The van der Waals surface area contributed by atoms with Crippen molar-refractivity contribution in [2.75, 3.05) is 26.7 Å². The second-order valence-electron chi connectivity index (χ2n) is 25.8. The Morgan fingerprint density at radius 2 is 0.890 bits per heavy atom. The quantitative estimate of drug-likeness (QED) is 0.153. The van der Waals surface area contributed by atoms with E-state index >= 15 is 8.78 Å². The normalized spacial score (nSPS) is 20.2. The van der Waals surface area contributed by atoms with Gasteiger partial charge in [-0.3, -0.25) is 4.90 Å². The molecule has 3 fully saturated rings. The zero-order valence-corrected chi connectivity index (χ0v) is 53.8. The van der Waals surface area contributed by atoms with Gasteiger partial charge in [-0.2, -0.15) is 40.8 Å². The summed E-state index contributed by atoms with van der Waals surface area (Å²) in [5, 5.41) is 40.7. The van der Waals surface area contributed by atoms with Gasteiger partial charge in [0.15, 0.2) is 16.9 Å². The van der Waals surface area contributed by atoms with E-state index < -0.39 is 0 Å². The lowest BCUT2D eigenvalue weighted by Gasteiger charge is -2.41. The van der Waals surface area contributed by atoms with E-state index in [2.05, 4.69) is 122 Å². The molecule has 0 spiro atoms. The van der Waals surface area contributed by atoms with Gasteiger partial charge in [0.25, 0.3) is 0 Å². The Labute approximate surface area is 526 Å². The number of nitrogens with one attached hydrogen (secondary N) is 2. The number of aromatic amines is 1. The molecule has 0 amide bonds. The number of likely N-dealkylation sites (tertiary alicyclic amines) is 2. The first-order chi connectivity index (χ1) is 43.7. The van der Waals surface area contributed by atoms with Gasteiger partial charge in [-0.15, -0.1) is 0 Å². The predicted octanol–water partition coefficient (Wildman–Crippen LogP) is 13.5. The van der Waals surface area contributed by atoms with Crippen molar-refractivity contribution in [3.8, 4) is 33.8 Å². The van der Waals surface area contributed by atoms with E-state index in [0.29, 0.717) is 114 Å². The van der Waals surface area contributed by atoms with Gasteiger partial charge in [-0.1, -0.05) is 6.92 Å². The molecule has 12 aromatic rings. The van der Waals surface area contributed by atoms with Gasteiger partial charge in [-0.05, 0) is 224 Å². The summed E-state index contributed by atoms with van der Waals surface area (Å²) < 4.78 is 48.9. The molecule has 9 aromatic heterocycles. The van der Waals surface area contributed by atoms with Crippen LogP contribution in [0.2, 0.25) is 0 Å². The van der Waals surface area contributed by atoms with Crippen LogP contribution in [0.5, 0.6) is 0 Å². The average Bonchev–Trinajstić information content (AvgIpc) is 1.92. The molecule has 12 heterocycles. The van der Waals surface area contributed by atoms with Crippen LogP contribution in [0.3, 0.4) is 0 Å². The molecule has 0 radical (unpaired) electrons. The lowest BCUT2D eigenvalue weighted by Crippen LogP contribution is -2.45. The van der Waals surface area contributed by atoms with Crippen LogP contribution in [-0.4, -0.2) is 135 Å². The van der Waals surface area contributed by atoms with Crippen molar-refractivity contribution in [3.63, 3.8) is 0 Å². The molecule has 15 rings (SSSR count). The molecule has 0 aliphatic carbocycles. The summed E-state index contributed by atoms with van der Waals surface area (Å²) in [7, 11) is 2.16. The van der Waals surface area contributed by atoms with Crippen LogP contribution >= 0.6 is 0 Å². The number of halogens is 3. The monoisotopic (exact) mass is 1230 g/mol. The van der Waals surface area contributed by atoms with Gasteiger partial charge >= 0.3 is 0 Å². The third-order valence-corrected chi connectivity index (χ3v) is 19.1. The average molecular weight is 1230 g/mol. The summed E-state index contributed by atoms with van der Waals surface area (Å²) in [6.45, 7) is 25.9. The van der Waals surface area contributed by atoms with Crippen LogP contribution in [0, 0.1) is 59.0 Å². The molecule has 4 atom stereocenters. The van der Waals surface area contributed by atoms with Crippen molar-refractivity contribution in [1.82, 2.24) is 89.9 Å². The zero-order chi connectivity index (χ0) is 63.7. The summed E-state index contributed by atoms with van der Waals surface area (Å²) in [4.78, 5) is 26.1. The van der Waals surface area contributed by atoms with E-state index in [1.165, 1.54) is 6.07 Å². The number of piperidine rings is 3. The Morgan fingerprint density at radius 3 is 1.34 bits per heavy atom. The van der Waals surface area contributed by atoms with Crippen molar-refractivity contribution in [3.05, 3.63) is 154 Å². The Bertz CT molecular complexity index is 4720. The number of H-pyrrole nitrogens is 1. The summed E-state index contributed by atoms with van der Waals surface area (Å²) in [5.41, 5.74) is 16.4. The van der Waals surface area contributed by atoms with Crippen molar-refractivity contribution in [1.29, 1.82) is 0 Å². The Balaban J connectivity index is 0.000000125. The van der Waals surface area contributed by atoms with E-state index in [-0.39, 0.29) is 17.5 Å². The maximum atomic E-state index is 15.2. The van der Waals surface area contributed by atoms with Crippen LogP contribution in [-0.2, 0) is 0 Å². The van der Waals surface area contributed by atoms with Crippen molar-refractivity contribution < 1.29 is 13.2 Å². The van der Waals surface area contributed by atoms with E-state index in [1.807, 2.05) is 109 Å². The van der Waals surface area contributed by atoms with Gasteiger partial charge in [0.05, 0.1) is 80.0 Å². The number of hydrogen-bond acceptors (Lipinski definition) is 15. The second-order valence-corrected chi connectivity index (χ2v) is 25.8. The SMILES string of the molecule is CCN1[C@H](C)CC(c2cc3c(F)cc(-c4cc(C)c5nc(C)cn5n4)cc3nn2)C[C@H]1C.Cc1cn2nc(-c3cc(F)c4cc(C5C[C@@H](C)N(C)[C@H](C)C5)nnc4c3)cc(C)c2n1.Cc1nc2nc(-c3cc(F)c4cc(C5CCNCC5)nnc4c3)cc(C)c2[nH]1. The number of nitrogens with zero attached hydrogens (tertiary/aromatic N) is 16. The molecule has 0 saturated carbocycles. The van der Waals surface area contributed by atoms with Gasteiger partial charge < -0.3 is 15.2 Å². The molecular weight excluding hydrogens is 1150 g/mol. The van der Waals surface area contributed by atoms with Crippen LogP contribution in [0.25, 0.3) is 88.9 Å². The van der Waals surface area contributed by atoms with E-state index in [4.69, 9.17) is 0 Å². The number of aryl methyl sites for hydroxylation is 6. The minimum absolute atomic E-state index is 0.290. The predicted molar refractivity (Wildman–Crippen MR) is 351 cm³/mol. The number of hydrogen-bond donors (Lipinski definition) is 2. The molecule has 3 aromatic carbocycles. The lowest BCUT2D eigenvalue weighted by atomic mass is 9.84. The molecule has 91 heavy (non-hydrogen) atoms. The topological polar surface area (TPSA) is 198 Å². The van der Waals surface area contributed by atoms with E-state index in [9.17, 15) is 4.39 Å². The molecule has 3 aliphatic rings. The van der Waals surface area contributed by atoms with Crippen molar-refractivity contribution in [2.24, 2.45) is 0 Å². The van der Waals surface area contributed by atoms with Crippen LogP contribution < -0.4 is 5.32 Å². The number of pyridine rings is 1. The van der Waals surface area contributed by atoms with E-state index in [0.717, 1.165) is 126 Å². The fourth-order valence-electron chi connectivity index (χ4n) is 14.1. The maximum Gasteiger partial charge on any atom is 0.178 e. The minimum atomic E-state index is -0.296. The fourth-order valence-corrected chi connectivity index (χ4v) is 14.1. The van der Waals surface area contributed by atoms with Crippen LogP contribution in [0.1, 0.15) is 142 Å². The largest absolute Gasteiger partial charge is 0.341 e. The van der Waals surface area contributed by atoms with Gasteiger partial charge in [0.1, 0.15) is 23.3 Å². The molecule has 0 unspecified atom stereocenters. The van der Waals surface area contributed by atoms with Crippen molar-refractivity contribution >= 4 is 55.2 Å². The zero-order valence-electron chi connectivity index (χ0n) is 53.8. The molecule has 0 bridgehead atoms. The molecule has 468 valence electrons. The second kappa shape index (κ2) is 24.8. The lowest BCUT2D eigenvalue weighted by molar-refractivity contribution is 0.0963. The summed E-state index contributed by atoms with van der Waals surface area (Å²) in [6, 6.07) is 23.6. The first-order valence-electron chi connectivity index (χ1n) is 31.8. The van der Waals surface area contributed by atoms with Gasteiger partial charge in [-0.25, -0.2) is 42.1 Å². The summed E-state index contributed by atoms with van der Waals surface area (Å²) in [5.74, 6) is 0.871. The molecule has 21 heteroatoms. The Kier molecular flexibility index (Phi) is 16.6. The highest BCUT2D eigenvalue weighted by molar-refractivity contribution is 5.88. The first kappa shape index (κ1) is 61.1. The number of rotatable bonds is 7. The molecule has 18 nitrogen and oxygen atoms in total. The highest BCUT2D eigenvalue weighted by Crippen LogP contribution is 2.38. The van der Waals surface area contributed by atoms with Crippen LogP contribution in [0.15, 0.2) is 85.2 Å². The highest BCUT2D eigenvalue weighted by Gasteiger charge is 2.33. The molecule has 3 saturated heterocycles. The number of fused-ring (bicyclic) bond motifs is 6. The number of imidazole rings is 3.